The Labute approximate surface area is 103 Å². The summed E-state index contributed by atoms with van der Waals surface area (Å²) in [6, 6.07) is 0.566. The van der Waals surface area contributed by atoms with E-state index >= 15 is 0 Å². The van der Waals surface area contributed by atoms with Crippen molar-refractivity contribution in [3.63, 3.8) is 0 Å². The average Bonchev–Trinajstić information content (AvgIpc) is 2.85. The first kappa shape index (κ1) is 12.6. The van der Waals surface area contributed by atoms with Crippen molar-refractivity contribution in [2.24, 2.45) is 0 Å². The minimum Gasteiger partial charge on any atom is -0.381 e. The monoisotopic (exact) mass is 237 g/mol. The molecular formula is C13H23N3O. The molecule has 17 heavy (non-hydrogen) atoms. The van der Waals surface area contributed by atoms with Crippen LogP contribution in [0, 0.1) is 0 Å². The third-order valence-electron chi connectivity index (χ3n) is 3.56. The lowest BCUT2D eigenvalue weighted by Crippen LogP contribution is -2.23. The van der Waals surface area contributed by atoms with Crippen LogP contribution in [0.4, 0.5) is 0 Å². The second-order valence-electron chi connectivity index (χ2n) is 4.77. The topological polar surface area (TPSA) is 39.1 Å². The van der Waals surface area contributed by atoms with Crippen LogP contribution in [0.15, 0.2) is 12.5 Å². The summed E-state index contributed by atoms with van der Waals surface area (Å²) in [5, 5.41) is 3.30. The fourth-order valence-corrected chi connectivity index (χ4v) is 2.53. The predicted molar refractivity (Wildman–Crippen MR) is 67.9 cm³/mol. The number of methoxy groups -OCH3 is 1. The molecule has 1 fully saturated rings. The Balaban J connectivity index is 1.94. The lowest BCUT2D eigenvalue weighted by atomic mass is 9.93. The first-order valence-corrected chi connectivity index (χ1v) is 6.59. The fraction of sp³-hybridized carbons (Fsp3) is 0.769. The Morgan fingerprint density at radius 2 is 2.41 bits per heavy atom. The predicted octanol–water partition coefficient (Wildman–Crippen LogP) is 2.12. The third kappa shape index (κ3) is 3.30. The Morgan fingerprint density at radius 1 is 1.53 bits per heavy atom. The van der Waals surface area contributed by atoms with Gasteiger partial charge in [-0.15, -0.1) is 0 Å². The van der Waals surface area contributed by atoms with Gasteiger partial charge in [-0.1, -0.05) is 6.92 Å². The van der Waals surface area contributed by atoms with E-state index in [1.807, 2.05) is 13.4 Å². The number of hydrogen-bond acceptors (Lipinski definition) is 3. The van der Waals surface area contributed by atoms with E-state index in [1.165, 1.54) is 19.3 Å². The second kappa shape index (κ2) is 6.17. The van der Waals surface area contributed by atoms with Crippen LogP contribution in [0.3, 0.4) is 0 Å². The zero-order valence-electron chi connectivity index (χ0n) is 10.9. The van der Waals surface area contributed by atoms with E-state index < -0.39 is 0 Å². The van der Waals surface area contributed by atoms with E-state index in [9.17, 15) is 0 Å². The van der Waals surface area contributed by atoms with Gasteiger partial charge >= 0.3 is 0 Å². The Bertz CT molecular complexity index is 337. The zero-order valence-corrected chi connectivity index (χ0v) is 10.9. The molecule has 96 valence electrons. The molecule has 0 spiro atoms. The van der Waals surface area contributed by atoms with Gasteiger partial charge in [-0.25, -0.2) is 4.98 Å². The lowest BCUT2D eigenvalue weighted by molar-refractivity contribution is 0.0530. The van der Waals surface area contributed by atoms with Crippen molar-refractivity contribution >= 4 is 0 Å². The van der Waals surface area contributed by atoms with Gasteiger partial charge in [0, 0.05) is 25.9 Å². The summed E-state index contributed by atoms with van der Waals surface area (Å²) >= 11 is 0. The van der Waals surface area contributed by atoms with Crippen LogP contribution in [0.2, 0.25) is 0 Å². The van der Waals surface area contributed by atoms with Crippen LogP contribution in [-0.4, -0.2) is 29.3 Å². The Morgan fingerprint density at radius 3 is 3.18 bits per heavy atom. The maximum Gasteiger partial charge on any atom is 0.0952 e. The third-order valence-corrected chi connectivity index (χ3v) is 3.56. The van der Waals surface area contributed by atoms with Crippen LogP contribution < -0.4 is 5.32 Å². The van der Waals surface area contributed by atoms with Crippen LogP contribution in [0.1, 0.15) is 44.3 Å². The highest BCUT2D eigenvalue weighted by atomic mass is 16.5. The first-order chi connectivity index (χ1) is 8.33. The van der Waals surface area contributed by atoms with E-state index in [0.717, 1.165) is 25.2 Å². The SMILES string of the molecule is CCNCc1cn(C2CCCC(OC)C2)cn1. The first-order valence-electron chi connectivity index (χ1n) is 6.59. The van der Waals surface area contributed by atoms with Crippen molar-refractivity contribution in [1.29, 1.82) is 0 Å². The van der Waals surface area contributed by atoms with Gasteiger partial charge in [0.25, 0.3) is 0 Å². The van der Waals surface area contributed by atoms with Gasteiger partial charge in [0.15, 0.2) is 0 Å². The largest absolute Gasteiger partial charge is 0.381 e. The normalized spacial score (nSPS) is 25.1. The summed E-state index contributed by atoms with van der Waals surface area (Å²) in [4.78, 5) is 4.44. The molecule has 1 aliphatic carbocycles. The number of hydrogen-bond donors (Lipinski definition) is 1. The van der Waals surface area contributed by atoms with Crippen LogP contribution in [0.25, 0.3) is 0 Å². The van der Waals surface area contributed by atoms with Gasteiger partial charge < -0.3 is 14.6 Å². The van der Waals surface area contributed by atoms with Gasteiger partial charge in [0.2, 0.25) is 0 Å². The summed E-state index contributed by atoms with van der Waals surface area (Å²) in [5.41, 5.74) is 1.13. The minimum atomic E-state index is 0.424. The highest BCUT2D eigenvalue weighted by Gasteiger charge is 2.22. The maximum absolute atomic E-state index is 5.47. The highest BCUT2D eigenvalue weighted by Crippen LogP contribution is 2.29. The molecule has 1 saturated carbocycles. The molecule has 0 amide bonds. The molecule has 4 heteroatoms. The Hall–Kier alpha value is -0.870. The lowest BCUT2D eigenvalue weighted by Gasteiger charge is -2.28. The molecule has 2 atom stereocenters. The van der Waals surface area contributed by atoms with Crippen LogP contribution in [0.5, 0.6) is 0 Å². The summed E-state index contributed by atoms with van der Waals surface area (Å²) < 4.78 is 7.73. The molecule has 0 saturated heterocycles. The quantitative estimate of drug-likeness (QED) is 0.852. The second-order valence-corrected chi connectivity index (χ2v) is 4.77. The molecule has 0 radical (unpaired) electrons. The molecule has 0 aliphatic heterocycles. The van der Waals surface area contributed by atoms with Crippen molar-refractivity contribution in [3.05, 3.63) is 18.2 Å². The number of imidazole rings is 1. The van der Waals surface area contributed by atoms with Crippen LogP contribution >= 0.6 is 0 Å². The van der Waals surface area contributed by atoms with Crippen molar-refractivity contribution < 1.29 is 4.74 Å². The van der Waals surface area contributed by atoms with Crippen LogP contribution in [-0.2, 0) is 11.3 Å². The van der Waals surface area contributed by atoms with Crippen molar-refractivity contribution in [1.82, 2.24) is 14.9 Å². The summed E-state index contributed by atoms with van der Waals surface area (Å²) in [5.74, 6) is 0. The average molecular weight is 237 g/mol. The fourth-order valence-electron chi connectivity index (χ4n) is 2.53. The van der Waals surface area contributed by atoms with Crippen molar-refractivity contribution in [2.45, 2.75) is 51.3 Å². The standard InChI is InChI=1S/C13H23N3O/c1-3-14-8-11-9-16(10-15-11)12-5-4-6-13(7-12)17-2/h9-10,12-14H,3-8H2,1-2H3. The van der Waals surface area contributed by atoms with Crippen molar-refractivity contribution in [2.75, 3.05) is 13.7 Å². The van der Waals surface area contributed by atoms with E-state index in [-0.39, 0.29) is 0 Å². The van der Waals surface area contributed by atoms with Crippen molar-refractivity contribution in [3.8, 4) is 0 Å². The summed E-state index contributed by atoms with van der Waals surface area (Å²) in [7, 11) is 1.82. The van der Waals surface area contributed by atoms with E-state index in [4.69, 9.17) is 4.74 Å². The molecule has 2 rings (SSSR count). The summed E-state index contributed by atoms with van der Waals surface area (Å²) in [6.45, 7) is 3.97. The van der Waals surface area contributed by atoms with E-state index in [1.54, 1.807) is 0 Å². The smallest absolute Gasteiger partial charge is 0.0952 e. The molecule has 1 heterocycles. The molecule has 1 N–H and O–H groups in total. The number of ether oxygens (including phenoxy) is 1. The van der Waals surface area contributed by atoms with E-state index in [0.29, 0.717) is 12.1 Å². The molecule has 1 aromatic heterocycles. The number of aromatic nitrogens is 2. The highest BCUT2D eigenvalue weighted by molar-refractivity contribution is 4.98. The maximum atomic E-state index is 5.47. The number of nitrogens with one attached hydrogen (secondary N) is 1. The molecule has 0 bridgehead atoms. The molecule has 1 aliphatic rings. The van der Waals surface area contributed by atoms with Gasteiger partial charge in [-0.3, -0.25) is 0 Å². The van der Waals surface area contributed by atoms with Gasteiger partial charge in [0.05, 0.1) is 18.1 Å². The molecule has 1 aromatic rings. The number of nitrogens with zero attached hydrogens (tertiary/aromatic N) is 2. The molecular weight excluding hydrogens is 214 g/mol. The van der Waals surface area contributed by atoms with E-state index in [2.05, 4.69) is 28.0 Å². The molecule has 0 aromatic carbocycles. The summed E-state index contributed by atoms with van der Waals surface area (Å²) in [6.07, 6.45) is 9.38. The van der Waals surface area contributed by atoms with Gasteiger partial charge in [0.1, 0.15) is 0 Å². The van der Waals surface area contributed by atoms with Gasteiger partial charge in [-0.2, -0.15) is 0 Å². The number of rotatable bonds is 5. The molecule has 2 unspecified atom stereocenters. The Kier molecular flexibility index (Phi) is 4.57. The van der Waals surface area contributed by atoms with Gasteiger partial charge in [-0.05, 0) is 32.2 Å². The minimum absolute atomic E-state index is 0.424. The molecule has 4 nitrogen and oxygen atoms in total. The zero-order chi connectivity index (χ0) is 12.1.